The van der Waals surface area contributed by atoms with Gasteiger partial charge in [-0.15, -0.1) is 0 Å². The molecule has 0 saturated heterocycles. The van der Waals surface area contributed by atoms with Crippen molar-refractivity contribution >= 4 is 21.6 Å². The fourth-order valence-corrected chi connectivity index (χ4v) is 2.99. The van der Waals surface area contributed by atoms with E-state index < -0.39 is 15.6 Å². The number of carbonyl (C=O) groups excluding carboxylic acids is 1. The molecule has 0 aliphatic rings. The molecular formula is C13H20N2O4S. The molecule has 1 aromatic rings. The summed E-state index contributed by atoms with van der Waals surface area (Å²) in [7, 11) is -3.74. The quantitative estimate of drug-likeness (QED) is 0.756. The number of aliphatic hydroxyl groups is 1. The number of aryl methyl sites for hydroxylation is 1. The highest BCUT2D eigenvalue weighted by Crippen LogP contribution is 2.20. The highest BCUT2D eigenvalue weighted by molar-refractivity contribution is 7.89. The number of benzene rings is 1. The monoisotopic (exact) mass is 300 g/mol. The van der Waals surface area contributed by atoms with Crippen LogP contribution in [-0.4, -0.2) is 31.6 Å². The van der Waals surface area contributed by atoms with Gasteiger partial charge in [0, 0.05) is 19.2 Å². The van der Waals surface area contributed by atoms with Crippen molar-refractivity contribution in [1.82, 2.24) is 4.72 Å². The first kappa shape index (κ1) is 16.6. The molecule has 0 heterocycles. The molecule has 3 N–H and O–H groups in total. The molecule has 20 heavy (non-hydrogen) atoms. The van der Waals surface area contributed by atoms with Gasteiger partial charge in [-0.1, -0.05) is 6.07 Å². The molecule has 0 spiro atoms. The van der Waals surface area contributed by atoms with Gasteiger partial charge in [0.2, 0.25) is 15.9 Å². The largest absolute Gasteiger partial charge is 0.389 e. The molecule has 112 valence electrons. The number of anilines is 1. The number of nitrogens with one attached hydrogen (secondary N) is 2. The maximum atomic E-state index is 12.2. The van der Waals surface area contributed by atoms with E-state index in [-0.39, 0.29) is 17.3 Å². The summed E-state index contributed by atoms with van der Waals surface area (Å²) in [6.45, 7) is 5.93. The lowest BCUT2D eigenvalue weighted by molar-refractivity contribution is -0.114. The minimum absolute atomic E-state index is 0.0769. The summed E-state index contributed by atoms with van der Waals surface area (Å²) in [5.41, 5.74) is -0.176. The molecule has 0 fully saturated rings. The average molecular weight is 300 g/mol. The standard InChI is InChI=1S/C13H20N2O4S/c1-9-5-6-11(15-10(2)16)7-12(9)20(18,19)14-8-13(3,4)17/h5-7,14,17H,8H2,1-4H3,(H,15,16). The van der Waals surface area contributed by atoms with Crippen LogP contribution in [0.4, 0.5) is 5.69 Å². The van der Waals surface area contributed by atoms with E-state index in [4.69, 9.17) is 0 Å². The van der Waals surface area contributed by atoms with Crippen LogP contribution in [0.1, 0.15) is 26.3 Å². The highest BCUT2D eigenvalue weighted by atomic mass is 32.2. The summed E-state index contributed by atoms with van der Waals surface area (Å²) >= 11 is 0. The van der Waals surface area contributed by atoms with Crippen LogP contribution < -0.4 is 10.0 Å². The van der Waals surface area contributed by atoms with Crippen LogP contribution in [0.3, 0.4) is 0 Å². The fraction of sp³-hybridized carbons (Fsp3) is 0.462. The molecule has 0 aliphatic heterocycles. The van der Waals surface area contributed by atoms with Gasteiger partial charge in [-0.25, -0.2) is 13.1 Å². The van der Waals surface area contributed by atoms with Gasteiger partial charge in [0.15, 0.2) is 0 Å². The second kappa shape index (κ2) is 5.90. The Morgan fingerprint density at radius 2 is 1.95 bits per heavy atom. The Balaban J connectivity index is 3.07. The first-order chi connectivity index (χ1) is 9.01. The van der Waals surface area contributed by atoms with Gasteiger partial charge in [0.05, 0.1) is 10.5 Å². The molecule has 1 rings (SSSR count). The molecule has 1 aromatic carbocycles. The predicted octanol–water partition coefficient (Wildman–Crippen LogP) is 1.00. The summed E-state index contributed by atoms with van der Waals surface area (Å²) in [6, 6.07) is 4.64. The van der Waals surface area contributed by atoms with E-state index in [2.05, 4.69) is 10.0 Å². The van der Waals surface area contributed by atoms with Gasteiger partial charge in [0.1, 0.15) is 0 Å². The zero-order valence-corrected chi connectivity index (χ0v) is 12.8. The van der Waals surface area contributed by atoms with Crippen LogP contribution in [0.25, 0.3) is 0 Å². The van der Waals surface area contributed by atoms with Crippen molar-refractivity contribution in [2.45, 2.75) is 38.2 Å². The predicted molar refractivity (Wildman–Crippen MR) is 77.0 cm³/mol. The molecule has 0 aliphatic carbocycles. The van der Waals surface area contributed by atoms with Crippen molar-refractivity contribution in [1.29, 1.82) is 0 Å². The van der Waals surface area contributed by atoms with E-state index >= 15 is 0 Å². The Bertz CT molecular complexity index is 603. The van der Waals surface area contributed by atoms with Crippen molar-refractivity contribution in [3.63, 3.8) is 0 Å². The van der Waals surface area contributed by atoms with Crippen molar-refractivity contribution in [2.24, 2.45) is 0 Å². The van der Waals surface area contributed by atoms with Crippen molar-refractivity contribution < 1.29 is 18.3 Å². The lowest BCUT2D eigenvalue weighted by Gasteiger charge is -2.18. The molecule has 0 radical (unpaired) electrons. The number of amides is 1. The summed E-state index contributed by atoms with van der Waals surface area (Å²) in [4.78, 5) is 11.1. The third-order valence-corrected chi connectivity index (χ3v) is 4.04. The molecule has 6 nitrogen and oxygen atoms in total. The zero-order valence-electron chi connectivity index (χ0n) is 12.0. The summed E-state index contributed by atoms with van der Waals surface area (Å²) in [5.74, 6) is -0.276. The van der Waals surface area contributed by atoms with E-state index in [1.54, 1.807) is 19.1 Å². The Morgan fingerprint density at radius 3 is 2.45 bits per heavy atom. The van der Waals surface area contributed by atoms with Crippen molar-refractivity contribution in [2.75, 3.05) is 11.9 Å². The number of sulfonamides is 1. The van der Waals surface area contributed by atoms with Gasteiger partial charge in [-0.05, 0) is 38.5 Å². The average Bonchev–Trinajstić information content (AvgIpc) is 2.27. The summed E-state index contributed by atoms with van der Waals surface area (Å²) < 4.78 is 26.8. The Morgan fingerprint density at radius 1 is 1.35 bits per heavy atom. The molecule has 0 bridgehead atoms. The molecular weight excluding hydrogens is 280 g/mol. The van der Waals surface area contributed by atoms with Crippen LogP contribution in [0.2, 0.25) is 0 Å². The van der Waals surface area contributed by atoms with Crippen LogP contribution in [0.15, 0.2) is 23.1 Å². The maximum Gasteiger partial charge on any atom is 0.241 e. The maximum absolute atomic E-state index is 12.2. The molecule has 0 atom stereocenters. The van der Waals surface area contributed by atoms with Crippen LogP contribution >= 0.6 is 0 Å². The van der Waals surface area contributed by atoms with E-state index in [1.165, 1.54) is 26.8 Å². The van der Waals surface area contributed by atoms with Crippen molar-refractivity contribution in [3.8, 4) is 0 Å². The van der Waals surface area contributed by atoms with E-state index in [1.807, 2.05) is 0 Å². The van der Waals surface area contributed by atoms with Gasteiger partial charge in [-0.2, -0.15) is 0 Å². The SMILES string of the molecule is CC(=O)Nc1ccc(C)c(S(=O)(=O)NCC(C)(C)O)c1. The van der Waals surface area contributed by atoms with Crippen LogP contribution in [0, 0.1) is 6.92 Å². The molecule has 0 aromatic heterocycles. The Hall–Kier alpha value is -1.44. The normalized spacial score (nSPS) is 12.2. The topological polar surface area (TPSA) is 95.5 Å². The molecule has 0 unspecified atom stereocenters. The first-order valence-electron chi connectivity index (χ1n) is 6.11. The van der Waals surface area contributed by atoms with E-state index in [0.29, 0.717) is 11.3 Å². The second-order valence-electron chi connectivity index (χ2n) is 5.30. The Kier molecular flexibility index (Phi) is 4.90. The number of carbonyl (C=O) groups is 1. The lowest BCUT2D eigenvalue weighted by Crippen LogP contribution is -2.38. The molecule has 7 heteroatoms. The minimum atomic E-state index is -3.74. The third kappa shape index (κ3) is 4.92. The van der Waals surface area contributed by atoms with Crippen molar-refractivity contribution in [3.05, 3.63) is 23.8 Å². The number of hydrogen-bond donors (Lipinski definition) is 3. The van der Waals surface area contributed by atoms with Gasteiger partial charge in [-0.3, -0.25) is 4.79 Å². The third-order valence-electron chi connectivity index (χ3n) is 2.49. The van der Waals surface area contributed by atoms with E-state index in [0.717, 1.165) is 0 Å². The molecule has 0 saturated carbocycles. The van der Waals surface area contributed by atoms with Gasteiger partial charge < -0.3 is 10.4 Å². The van der Waals surface area contributed by atoms with Gasteiger partial charge >= 0.3 is 0 Å². The number of rotatable bonds is 5. The summed E-state index contributed by atoms with van der Waals surface area (Å²) in [6.07, 6.45) is 0. The van der Waals surface area contributed by atoms with Crippen LogP contribution in [0.5, 0.6) is 0 Å². The lowest BCUT2D eigenvalue weighted by atomic mass is 10.1. The minimum Gasteiger partial charge on any atom is -0.389 e. The Labute approximate surface area is 119 Å². The van der Waals surface area contributed by atoms with Gasteiger partial charge in [0.25, 0.3) is 0 Å². The van der Waals surface area contributed by atoms with E-state index in [9.17, 15) is 18.3 Å². The second-order valence-corrected chi connectivity index (χ2v) is 7.03. The highest BCUT2D eigenvalue weighted by Gasteiger charge is 2.21. The smallest absolute Gasteiger partial charge is 0.241 e. The number of hydrogen-bond acceptors (Lipinski definition) is 4. The molecule has 1 amide bonds. The summed E-state index contributed by atoms with van der Waals surface area (Å²) in [5, 5.41) is 12.1. The zero-order chi connectivity index (χ0) is 15.6. The first-order valence-corrected chi connectivity index (χ1v) is 7.60. The fourth-order valence-electron chi connectivity index (χ4n) is 1.52. The van der Waals surface area contributed by atoms with Crippen LogP contribution in [-0.2, 0) is 14.8 Å².